The molecule has 0 spiro atoms. The van der Waals surface area contributed by atoms with Crippen LogP contribution in [0.4, 0.5) is 13.2 Å². The highest BCUT2D eigenvalue weighted by atomic mass is 79.9. The van der Waals surface area contributed by atoms with Crippen molar-refractivity contribution >= 4 is 15.9 Å². The maximum atomic E-state index is 13.7. The zero-order valence-corrected chi connectivity index (χ0v) is 12.6. The quantitative estimate of drug-likeness (QED) is 0.878. The molecule has 0 aliphatic heterocycles. The Labute approximate surface area is 128 Å². The van der Waals surface area contributed by atoms with Crippen molar-refractivity contribution in [3.63, 3.8) is 0 Å². The van der Waals surface area contributed by atoms with Gasteiger partial charge in [-0.2, -0.15) is 0 Å². The van der Waals surface area contributed by atoms with Crippen LogP contribution < -0.4 is 4.74 Å². The number of rotatable bonds is 4. The van der Waals surface area contributed by atoms with Gasteiger partial charge in [-0.3, -0.25) is 0 Å². The van der Waals surface area contributed by atoms with Crippen molar-refractivity contribution in [2.45, 2.75) is 13.0 Å². The van der Waals surface area contributed by atoms with Gasteiger partial charge in [0.25, 0.3) is 0 Å². The SMILES string of the molecule is CCOc1ccc(C(O)c2c(F)cc(F)cc2F)c(Br)c1. The zero-order valence-electron chi connectivity index (χ0n) is 11.0. The van der Waals surface area contributed by atoms with Gasteiger partial charge in [-0.05, 0) is 24.6 Å². The third-order valence-corrected chi connectivity index (χ3v) is 3.58. The van der Waals surface area contributed by atoms with Crippen LogP contribution in [0.15, 0.2) is 34.8 Å². The fraction of sp³-hybridized carbons (Fsp3) is 0.200. The molecule has 0 saturated heterocycles. The van der Waals surface area contributed by atoms with Gasteiger partial charge in [0, 0.05) is 16.6 Å². The minimum atomic E-state index is -1.56. The standard InChI is InChI=1S/C15H12BrF3O2/c1-2-21-9-3-4-10(11(16)7-9)15(20)14-12(18)5-8(17)6-13(14)19/h3-7,15,20H,2H2,1H3. The molecule has 2 rings (SSSR count). The molecule has 1 N–H and O–H groups in total. The predicted octanol–water partition coefficient (Wildman–Crippen LogP) is 4.35. The van der Waals surface area contributed by atoms with Crippen LogP contribution in [0, 0.1) is 17.5 Å². The molecule has 2 aromatic carbocycles. The summed E-state index contributed by atoms with van der Waals surface area (Å²) in [7, 11) is 0. The monoisotopic (exact) mass is 360 g/mol. The minimum absolute atomic E-state index is 0.253. The van der Waals surface area contributed by atoms with Crippen molar-refractivity contribution in [3.05, 3.63) is 63.4 Å². The Hall–Kier alpha value is -1.53. The average Bonchev–Trinajstić information content (AvgIpc) is 2.37. The first-order valence-corrected chi connectivity index (χ1v) is 6.98. The minimum Gasteiger partial charge on any atom is -0.494 e. The maximum Gasteiger partial charge on any atom is 0.135 e. The molecule has 0 bridgehead atoms. The highest BCUT2D eigenvalue weighted by molar-refractivity contribution is 9.10. The second-order valence-electron chi connectivity index (χ2n) is 4.30. The lowest BCUT2D eigenvalue weighted by atomic mass is 10.0. The summed E-state index contributed by atoms with van der Waals surface area (Å²) in [5.41, 5.74) is -0.343. The molecular weight excluding hydrogens is 349 g/mol. The van der Waals surface area contributed by atoms with Gasteiger partial charge in [-0.1, -0.05) is 22.0 Å². The Morgan fingerprint density at radius 3 is 2.29 bits per heavy atom. The summed E-state index contributed by atoms with van der Waals surface area (Å²) in [6.07, 6.45) is -1.56. The highest BCUT2D eigenvalue weighted by Gasteiger charge is 2.23. The number of aliphatic hydroxyl groups excluding tert-OH is 1. The van der Waals surface area contributed by atoms with E-state index in [1.165, 1.54) is 6.07 Å². The Kier molecular flexibility index (Phi) is 4.90. The number of aliphatic hydroxyl groups is 1. The molecule has 0 saturated carbocycles. The molecule has 0 radical (unpaired) electrons. The van der Waals surface area contributed by atoms with Gasteiger partial charge >= 0.3 is 0 Å². The Morgan fingerprint density at radius 2 is 1.76 bits per heavy atom. The molecule has 0 aliphatic rings. The molecule has 112 valence electrons. The molecule has 1 unspecified atom stereocenters. The summed E-state index contributed by atoms with van der Waals surface area (Å²) in [4.78, 5) is 0. The summed E-state index contributed by atoms with van der Waals surface area (Å²) < 4.78 is 46.0. The molecular formula is C15H12BrF3O2. The van der Waals surface area contributed by atoms with Crippen molar-refractivity contribution in [2.75, 3.05) is 6.61 Å². The molecule has 0 fully saturated rings. The van der Waals surface area contributed by atoms with Crippen LogP contribution in [-0.2, 0) is 0 Å². The fourth-order valence-electron chi connectivity index (χ4n) is 1.96. The lowest BCUT2D eigenvalue weighted by Gasteiger charge is -2.16. The van der Waals surface area contributed by atoms with E-state index in [0.717, 1.165) is 0 Å². The molecule has 0 aliphatic carbocycles. The van der Waals surface area contributed by atoms with Crippen LogP contribution in [0.5, 0.6) is 5.75 Å². The Morgan fingerprint density at radius 1 is 1.14 bits per heavy atom. The first kappa shape index (κ1) is 15.9. The highest BCUT2D eigenvalue weighted by Crippen LogP contribution is 2.34. The van der Waals surface area contributed by atoms with Gasteiger partial charge < -0.3 is 9.84 Å². The molecule has 21 heavy (non-hydrogen) atoms. The van der Waals surface area contributed by atoms with Crippen molar-refractivity contribution in [1.82, 2.24) is 0 Å². The van der Waals surface area contributed by atoms with E-state index in [1.807, 2.05) is 6.92 Å². The molecule has 0 amide bonds. The summed E-state index contributed by atoms with van der Waals surface area (Å²) in [5, 5.41) is 10.2. The normalized spacial score (nSPS) is 12.3. The third kappa shape index (κ3) is 3.39. The molecule has 2 aromatic rings. The van der Waals surface area contributed by atoms with Gasteiger partial charge in [-0.15, -0.1) is 0 Å². The molecule has 6 heteroatoms. The van der Waals surface area contributed by atoms with Crippen molar-refractivity contribution in [1.29, 1.82) is 0 Å². The summed E-state index contributed by atoms with van der Waals surface area (Å²) >= 11 is 3.22. The maximum absolute atomic E-state index is 13.7. The lowest BCUT2D eigenvalue weighted by Crippen LogP contribution is -2.07. The van der Waals surface area contributed by atoms with E-state index in [2.05, 4.69) is 15.9 Å². The van der Waals surface area contributed by atoms with Crippen LogP contribution in [0.3, 0.4) is 0 Å². The number of halogens is 4. The van der Waals surface area contributed by atoms with Crippen LogP contribution >= 0.6 is 15.9 Å². The van der Waals surface area contributed by atoms with E-state index in [0.29, 0.717) is 29.0 Å². The Balaban J connectivity index is 2.43. The smallest absolute Gasteiger partial charge is 0.135 e. The lowest BCUT2D eigenvalue weighted by molar-refractivity contribution is 0.207. The first-order valence-electron chi connectivity index (χ1n) is 6.18. The largest absolute Gasteiger partial charge is 0.494 e. The zero-order chi connectivity index (χ0) is 15.6. The van der Waals surface area contributed by atoms with E-state index in [1.54, 1.807) is 12.1 Å². The number of ether oxygens (including phenoxy) is 1. The number of benzene rings is 2. The van der Waals surface area contributed by atoms with Crippen LogP contribution in [0.25, 0.3) is 0 Å². The van der Waals surface area contributed by atoms with Crippen molar-refractivity contribution in [2.24, 2.45) is 0 Å². The van der Waals surface area contributed by atoms with E-state index in [9.17, 15) is 18.3 Å². The van der Waals surface area contributed by atoms with E-state index < -0.39 is 29.1 Å². The summed E-state index contributed by atoms with van der Waals surface area (Å²) in [5.74, 6) is -2.76. The average molecular weight is 361 g/mol. The topological polar surface area (TPSA) is 29.5 Å². The molecule has 0 aromatic heterocycles. The first-order chi connectivity index (χ1) is 9.93. The number of hydrogen-bond donors (Lipinski definition) is 1. The summed E-state index contributed by atoms with van der Waals surface area (Å²) in [6, 6.07) is 5.71. The van der Waals surface area contributed by atoms with Crippen molar-refractivity contribution in [3.8, 4) is 5.75 Å². The Bertz CT molecular complexity index is 638. The van der Waals surface area contributed by atoms with E-state index >= 15 is 0 Å². The number of hydrogen-bond acceptors (Lipinski definition) is 2. The van der Waals surface area contributed by atoms with Gasteiger partial charge in [0.2, 0.25) is 0 Å². The second kappa shape index (κ2) is 6.49. The fourth-order valence-corrected chi connectivity index (χ4v) is 2.53. The van der Waals surface area contributed by atoms with Gasteiger partial charge in [-0.25, -0.2) is 13.2 Å². The third-order valence-electron chi connectivity index (χ3n) is 2.89. The van der Waals surface area contributed by atoms with Crippen molar-refractivity contribution < 1.29 is 23.0 Å². The van der Waals surface area contributed by atoms with E-state index in [-0.39, 0.29) is 5.56 Å². The predicted molar refractivity (Wildman–Crippen MR) is 75.7 cm³/mol. The molecule has 1 atom stereocenters. The van der Waals surface area contributed by atoms with Gasteiger partial charge in [0.1, 0.15) is 29.3 Å². The van der Waals surface area contributed by atoms with Crippen LogP contribution in [-0.4, -0.2) is 11.7 Å². The molecule has 0 heterocycles. The summed E-state index contributed by atoms with van der Waals surface area (Å²) in [6.45, 7) is 2.29. The van der Waals surface area contributed by atoms with Crippen LogP contribution in [0.1, 0.15) is 24.2 Å². The molecule has 2 nitrogen and oxygen atoms in total. The van der Waals surface area contributed by atoms with E-state index in [4.69, 9.17) is 4.74 Å². The van der Waals surface area contributed by atoms with Gasteiger partial charge in [0.05, 0.1) is 12.2 Å². The second-order valence-corrected chi connectivity index (χ2v) is 5.16. The van der Waals surface area contributed by atoms with Gasteiger partial charge in [0.15, 0.2) is 0 Å². The van der Waals surface area contributed by atoms with Crippen LogP contribution in [0.2, 0.25) is 0 Å².